The lowest BCUT2D eigenvalue weighted by molar-refractivity contribution is 0.101. The highest BCUT2D eigenvalue weighted by molar-refractivity contribution is 5.94. The fourth-order valence-electron chi connectivity index (χ4n) is 3.29. The average molecular weight is 258 g/mol. The number of rotatable bonds is 3. The summed E-state index contributed by atoms with van der Waals surface area (Å²) in [5, 5.41) is 0. The molecule has 0 N–H and O–H groups in total. The Kier molecular flexibility index (Phi) is 3.56. The van der Waals surface area contributed by atoms with Gasteiger partial charge < -0.3 is 4.90 Å². The predicted molar refractivity (Wildman–Crippen MR) is 77.9 cm³/mol. The van der Waals surface area contributed by atoms with Gasteiger partial charge in [-0.05, 0) is 63.5 Å². The lowest BCUT2D eigenvalue weighted by atomic mass is 10.1. The number of carbonyl (C=O) groups excluding carboxylic acids is 1. The summed E-state index contributed by atoms with van der Waals surface area (Å²) in [5.74, 6) is 0.142. The standard InChI is InChI=1S/C16H22N2O/c1-13(19)14-4-6-15(7-5-14)18-11-8-16(12-18)17-9-2-3-10-17/h4-7,16H,2-3,8-12H2,1H3. The lowest BCUT2D eigenvalue weighted by Crippen LogP contribution is -2.35. The first kappa shape index (κ1) is 12.7. The smallest absolute Gasteiger partial charge is 0.159 e. The molecule has 3 nitrogen and oxygen atoms in total. The summed E-state index contributed by atoms with van der Waals surface area (Å²) in [5.41, 5.74) is 2.06. The molecule has 0 aromatic heterocycles. The van der Waals surface area contributed by atoms with Gasteiger partial charge in [0.1, 0.15) is 0 Å². The van der Waals surface area contributed by atoms with Crippen LogP contribution in [0.1, 0.15) is 36.5 Å². The topological polar surface area (TPSA) is 23.6 Å². The highest BCUT2D eigenvalue weighted by Crippen LogP contribution is 2.25. The van der Waals surface area contributed by atoms with Gasteiger partial charge in [0, 0.05) is 30.4 Å². The van der Waals surface area contributed by atoms with Gasteiger partial charge in [-0.25, -0.2) is 0 Å². The maximum atomic E-state index is 11.3. The molecule has 2 fully saturated rings. The van der Waals surface area contributed by atoms with Crippen molar-refractivity contribution in [2.24, 2.45) is 0 Å². The maximum absolute atomic E-state index is 11.3. The van der Waals surface area contributed by atoms with Gasteiger partial charge >= 0.3 is 0 Å². The summed E-state index contributed by atoms with van der Waals surface area (Å²) in [6.07, 6.45) is 4.00. The molecule has 2 saturated heterocycles. The number of carbonyl (C=O) groups is 1. The fraction of sp³-hybridized carbons (Fsp3) is 0.562. The number of hydrogen-bond acceptors (Lipinski definition) is 3. The second-order valence-electron chi connectivity index (χ2n) is 5.73. The molecule has 1 atom stereocenters. The summed E-state index contributed by atoms with van der Waals surface area (Å²) in [6.45, 7) is 6.46. The van der Waals surface area contributed by atoms with Crippen LogP contribution in [0.5, 0.6) is 0 Å². The van der Waals surface area contributed by atoms with Gasteiger partial charge in [0.05, 0.1) is 0 Å². The molecule has 3 heteroatoms. The van der Waals surface area contributed by atoms with Crippen LogP contribution in [0.15, 0.2) is 24.3 Å². The van der Waals surface area contributed by atoms with Gasteiger partial charge in [0.15, 0.2) is 5.78 Å². The molecule has 0 aliphatic carbocycles. The molecule has 0 amide bonds. The third kappa shape index (κ3) is 2.66. The second-order valence-corrected chi connectivity index (χ2v) is 5.73. The zero-order valence-electron chi connectivity index (χ0n) is 11.6. The van der Waals surface area contributed by atoms with Crippen molar-refractivity contribution < 1.29 is 4.79 Å². The highest BCUT2D eigenvalue weighted by atomic mass is 16.1. The van der Waals surface area contributed by atoms with E-state index in [0.717, 1.165) is 24.7 Å². The van der Waals surface area contributed by atoms with Crippen LogP contribution in [-0.4, -0.2) is 42.9 Å². The Labute approximate surface area is 115 Å². The van der Waals surface area contributed by atoms with E-state index >= 15 is 0 Å². The molecule has 2 aliphatic rings. The molecule has 19 heavy (non-hydrogen) atoms. The SMILES string of the molecule is CC(=O)c1ccc(N2CCC(N3CCCC3)C2)cc1. The van der Waals surface area contributed by atoms with Crippen LogP contribution in [0, 0.1) is 0 Å². The first-order valence-electron chi connectivity index (χ1n) is 7.34. The Bertz CT molecular complexity index is 448. The number of ketones is 1. The van der Waals surface area contributed by atoms with E-state index in [0.29, 0.717) is 0 Å². The van der Waals surface area contributed by atoms with Crippen LogP contribution in [-0.2, 0) is 0 Å². The number of hydrogen-bond donors (Lipinski definition) is 0. The molecule has 0 bridgehead atoms. The van der Waals surface area contributed by atoms with Gasteiger partial charge in [0.25, 0.3) is 0 Å². The zero-order valence-corrected chi connectivity index (χ0v) is 11.6. The van der Waals surface area contributed by atoms with Gasteiger partial charge in [0.2, 0.25) is 0 Å². The van der Waals surface area contributed by atoms with Gasteiger partial charge in [-0.1, -0.05) is 0 Å². The average Bonchev–Trinajstić information content (AvgIpc) is 3.10. The predicted octanol–water partition coefficient (Wildman–Crippen LogP) is 2.56. The molecule has 1 unspecified atom stereocenters. The van der Waals surface area contributed by atoms with Crippen molar-refractivity contribution in [1.82, 2.24) is 4.90 Å². The molecule has 0 radical (unpaired) electrons. The molecular formula is C16H22N2O. The van der Waals surface area contributed by atoms with E-state index in [-0.39, 0.29) is 5.78 Å². The van der Waals surface area contributed by atoms with Crippen LogP contribution in [0.2, 0.25) is 0 Å². The van der Waals surface area contributed by atoms with Crippen molar-refractivity contribution in [1.29, 1.82) is 0 Å². The van der Waals surface area contributed by atoms with Crippen LogP contribution in [0.25, 0.3) is 0 Å². The first-order valence-corrected chi connectivity index (χ1v) is 7.34. The largest absolute Gasteiger partial charge is 0.370 e. The number of benzene rings is 1. The van der Waals surface area contributed by atoms with Crippen molar-refractivity contribution >= 4 is 11.5 Å². The van der Waals surface area contributed by atoms with Crippen molar-refractivity contribution in [2.75, 3.05) is 31.1 Å². The van der Waals surface area contributed by atoms with E-state index < -0.39 is 0 Å². The Balaban J connectivity index is 1.65. The number of likely N-dealkylation sites (tertiary alicyclic amines) is 1. The molecule has 1 aromatic carbocycles. The molecule has 0 spiro atoms. The normalized spacial score (nSPS) is 24.1. The van der Waals surface area contributed by atoms with Crippen molar-refractivity contribution in [2.45, 2.75) is 32.2 Å². The number of anilines is 1. The maximum Gasteiger partial charge on any atom is 0.159 e. The van der Waals surface area contributed by atoms with Gasteiger partial charge in [-0.3, -0.25) is 9.69 Å². The summed E-state index contributed by atoms with van der Waals surface area (Å²) < 4.78 is 0. The second kappa shape index (κ2) is 5.33. The Hall–Kier alpha value is -1.35. The summed E-state index contributed by atoms with van der Waals surface area (Å²) >= 11 is 0. The molecular weight excluding hydrogens is 236 g/mol. The van der Waals surface area contributed by atoms with Crippen molar-refractivity contribution in [3.05, 3.63) is 29.8 Å². The highest BCUT2D eigenvalue weighted by Gasteiger charge is 2.29. The summed E-state index contributed by atoms with van der Waals surface area (Å²) in [4.78, 5) is 16.4. The minimum Gasteiger partial charge on any atom is -0.370 e. The third-order valence-corrected chi connectivity index (χ3v) is 4.46. The fourth-order valence-corrected chi connectivity index (χ4v) is 3.29. The lowest BCUT2D eigenvalue weighted by Gasteiger charge is -2.24. The Morgan fingerprint density at radius 2 is 1.79 bits per heavy atom. The summed E-state index contributed by atoms with van der Waals surface area (Å²) in [6, 6.07) is 8.79. The zero-order chi connectivity index (χ0) is 13.2. The van der Waals surface area contributed by atoms with E-state index in [1.807, 2.05) is 12.1 Å². The van der Waals surface area contributed by atoms with Crippen molar-refractivity contribution in [3.8, 4) is 0 Å². The van der Waals surface area contributed by atoms with E-state index in [1.54, 1.807) is 6.92 Å². The molecule has 3 rings (SSSR count). The third-order valence-electron chi connectivity index (χ3n) is 4.46. The van der Waals surface area contributed by atoms with Crippen LogP contribution in [0.4, 0.5) is 5.69 Å². The van der Waals surface area contributed by atoms with E-state index in [4.69, 9.17) is 0 Å². The van der Waals surface area contributed by atoms with E-state index in [2.05, 4.69) is 21.9 Å². The van der Waals surface area contributed by atoms with Crippen LogP contribution >= 0.6 is 0 Å². The van der Waals surface area contributed by atoms with E-state index in [9.17, 15) is 4.79 Å². The monoisotopic (exact) mass is 258 g/mol. The Morgan fingerprint density at radius 3 is 2.42 bits per heavy atom. The summed E-state index contributed by atoms with van der Waals surface area (Å²) in [7, 11) is 0. The molecule has 2 aliphatic heterocycles. The molecule has 102 valence electrons. The first-order chi connectivity index (χ1) is 9.24. The molecule has 1 aromatic rings. The molecule has 2 heterocycles. The van der Waals surface area contributed by atoms with Gasteiger partial charge in [-0.2, -0.15) is 0 Å². The molecule has 0 saturated carbocycles. The van der Waals surface area contributed by atoms with Crippen LogP contribution < -0.4 is 4.90 Å². The number of nitrogens with zero attached hydrogens (tertiary/aromatic N) is 2. The minimum absolute atomic E-state index is 0.142. The van der Waals surface area contributed by atoms with Crippen molar-refractivity contribution in [3.63, 3.8) is 0 Å². The quantitative estimate of drug-likeness (QED) is 0.779. The number of Topliss-reactive ketones (excluding diaryl/α,β-unsaturated/α-hetero) is 1. The Morgan fingerprint density at radius 1 is 1.11 bits per heavy atom. The minimum atomic E-state index is 0.142. The van der Waals surface area contributed by atoms with E-state index in [1.165, 1.54) is 38.0 Å². The van der Waals surface area contributed by atoms with Gasteiger partial charge in [-0.15, -0.1) is 0 Å². The van der Waals surface area contributed by atoms with Crippen LogP contribution in [0.3, 0.4) is 0 Å².